The van der Waals surface area contributed by atoms with Crippen molar-refractivity contribution in [1.29, 1.82) is 0 Å². The van der Waals surface area contributed by atoms with E-state index in [2.05, 4.69) is 22.6 Å². The summed E-state index contributed by atoms with van der Waals surface area (Å²) in [5.74, 6) is 0. The maximum absolute atomic E-state index is 8.35. The molecular formula is C4H10INO2. The Balaban J connectivity index is 2.92. The van der Waals surface area contributed by atoms with Gasteiger partial charge in [-0.3, -0.25) is 0 Å². The molecule has 0 aromatic heterocycles. The van der Waals surface area contributed by atoms with Gasteiger partial charge in [-0.2, -0.15) is 0 Å². The molecule has 0 radical (unpaired) electrons. The van der Waals surface area contributed by atoms with Crippen molar-refractivity contribution in [3.63, 3.8) is 0 Å². The van der Waals surface area contributed by atoms with Gasteiger partial charge in [0.2, 0.25) is 0 Å². The fourth-order valence-corrected chi connectivity index (χ4v) is 0.817. The van der Waals surface area contributed by atoms with Gasteiger partial charge in [0, 0.05) is 17.1 Å². The van der Waals surface area contributed by atoms with E-state index in [0.29, 0.717) is 10.5 Å². The van der Waals surface area contributed by atoms with E-state index in [1.807, 2.05) is 5.48 Å². The van der Waals surface area contributed by atoms with Crippen LogP contribution in [0.2, 0.25) is 0 Å². The molecule has 0 aliphatic rings. The minimum Gasteiger partial charge on any atom is -0.396 e. The molecule has 0 saturated carbocycles. The number of nitrogens with one attached hydrogen (secondary N) is 1. The first kappa shape index (κ1) is 8.61. The molecule has 3 N–H and O–H groups in total. The van der Waals surface area contributed by atoms with Crippen molar-refractivity contribution in [3.05, 3.63) is 0 Å². The van der Waals surface area contributed by atoms with Crippen LogP contribution >= 0.6 is 22.6 Å². The molecule has 0 aromatic rings. The van der Waals surface area contributed by atoms with Crippen LogP contribution in [0.25, 0.3) is 0 Å². The third kappa shape index (κ3) is 4.76. The molecule has 0 spiro atoms. The first-order chi connectivity index (χ1) is 3.81. The lowest BCUT2D eigenvalue weighted by atomic mass is 10.3. The molecule has 1 unspecified atom stereocenters. The van der Waals surface area contributed by atoms with Crippen molar-refractivity contribution in [2.45, 2.75) is 10.3 Å². The molecule has 0 heterocycles. The zero-order valence-electron chi connectivity index (χ0n) is 4.47. The topological polar surface area (TPSA) is 52.5 Å². The molecule has 0 saturated heterocycles. The van der Waals surface area contributed by atoms with Gasteiger partial charge >= 0.3 is 0 Å². The van der Waals surface area contributed by atoms with E-state index in [1.54, 1.807) is 0 Å². The van der Waals surface area contributed by atoms with Gasteiger partial charge in [-0.25, -0.2) is 5.48 Å². The highest BCUT2D eigenvalue weighted by atomic mass is 127. The van der Waals surface area contributed by atoms with Crippen LogP contribution in [0.15, 0.2) is 0 Å². The molecule has 0 aliphatic heterocycles. The van der Waals surface area contributed by atoms with Gasteiger partial charge in [0.25, 0.3) is 0 Å². The van der Waals surface area contributed by atoms with E-state index in [0.717, 1.165) is 6.42 Å². The van der Waals surface area contributed by atoms with Crippen LogP contribution in [0.5, 0.6) is 0 Å². The van der Waals surface area contributed by atoms with Gasteiger partial charge in [0.05, 0.1) is 0 Å². The first-order valence-electron chi connectivity index (χ1n) is 2.43. The molecule has 0 bridgehead atoms. The van der Waals surface area contributed by atoms with E-state index >= 15 is 0 Å². The summed E-state index contributed by atoms with van der Waals surface area (Å²) in [6.07, 6.45) is 0.730. The molecular weight excluding hydrogens is 221 g/mol. The predicted octanol–water partition coefficient (Wildman–Crippen LogP) is 0.151. The summed E-state index contributed by atoms with van der Waals surface area (Å²) in [7, 11) is 0. The number of hydrogen-bond donors (Lipinski definition) is 3. The summed E-state index contributed by atoms with van der Waals surface area (Å²) in [6.45, 7) is 0.733. The molecule has 0 fully saturated rings. The summed E-state index contributed by atoms with van der Waals surface area (Å²) in [6, 6.07) is 0. The summed E-state index contributed by atoms with van der Waals surface area (Å²) in [4.78, 5) is 0. The third-order valence-electron chi connectivity index (χ3n) is 0.755. The molecule has 0 aromatic carbocycles. The minimum absolute atomic E-state index is 0.190. The van der Waals surface area contributed by atoms with Crippen molar-refractivity contribution in [3.8, 4) is 0 Å². The molecule has 8 heavy (non-hydrogen) atoms. The predicted molar refractivity (Wildman–Crippen MR) is 39.3 cm³/mol. The van der Waals surface area contributed by atoms with E-state index in [9.17, 15) is 0 Å². The SMILES string of the molecule is OCCC(I)CNO. The fourth-order valence-electron chi connectivity index (χ4n) is 0.341. The number of hydrogen-bond acceptors (Lipinski definition) is 3. The largest absolute Gasteiger partial charge is 0.396 e. The summed E-state index contributed by atoms with van der Waals surface area (Å²) >= 11 is 2.16. The Bertz CT molecular complexity index is 47.3. The van der Waals surface area contributed by atoms with Crippen LogP contribution in [0, 0.1) is 0 Å². The minimum atomic E-state index is 0.190. The quantitative estimate of drug-likeness (QED) is 0.366. The highest BCUT2D eigenvalue weighted by molar-refractivity contribution is 14.1. The number of rotatable bonds is 4. The number of halogens is 1. The average Bonchev–Trinajstić information content (AvgIpc) is 1.68. The Morgan fingerprint density at radius 1 is 1.62 bits per heavy atom. The van der Waals surface area contributed by atoms with Gasteiger partial charge < -0.3 is 10.3 Å². The smallest absolute Gasteiger partial charge is 0.0441 e. The second-order valence-corrected chi connectivity index (χ2v) is 3.23. The number of aliphatic hydroxyl groups excluding tert-OH is 1. The van der Waals surface area contributed by atoms with E-state index in [4.69, 9.17) is 10.3 Å². The van der Waals surface area contributed by atoms with Crippen molar-refractivity contribution < 1.29 is 10.3 Å². The lowest BCUT2D eigenvalue weighted by molar-refractivity contribution is 0.165. The van der Waals surface area contributed by atoms with Crippen LogP contribution in [0.1, 0.15) is 6.42 Å². The van der Waals surface area contributed by atoms with Crippen LogP contribution in [-0.2, 0) is 0 Å². The van der Waals surface area contributed by atoms with Crippen molar-refractivity contribution >= 4 is 22.6 Å². The zero-order chi connectivity index (χ0) is 6.41. The fraction of sp³-hybridized carbons (Fsp3) is 1.00. The first-order valence-corrected chi connectivity index (χ1v) is 3.67. The van der Waals surface area contributed by atoms with Crippen LogP contribution < -0.4 is 5.48 Å². The second-order valence-electron chi connectivity index (χ2n) is 1.47. The molecule has 0 amide bonds. The molecule has 0 aliphatic carbocycles. The van der Waals surface area contributed by atoms with Gasteiger partial charge in [0.15, 0.2) is 0 Å². The lowest BCUT2D eigenvalue weighted by Gasteiger charge is -2.03. The average molecular weight is 231 g/mol. The summed E-state index contributed by atoms with van der Waals surface area (Å²) in [5, 5.41) is 16.5. The van der Waals surface area contributed by atoms with Crippen LogP contribution in [0.4, 0.5) is 0 Å². The van der Waals surface area contributed by atoms with Crippen LogP contribution in [-0.4, -0.2) is 27.4 Å². The Morgan fingerprint density at radius 2 is 2.25 bits per heavy atom. The molecule has 0 rings (SSSR count). The second kappa shape index (κ2) is 5.74. The van der Waals surface area contributed by atoms with E-state index in [-0.39, 0.29) is 6.61 Å². The molecule has 1 atom stereocenters. The Kier molecular flexibility index (Phi) is 6.18. The van der Waals surface area contributed by atoms with E-state index in [1.165, 1.54) is 0 Å². The van der Waals surface area contributed by atoms with Crippen molar-refractivity contribution in [1.82, 2.24) is 5.48 Å². The Labute approximate surface area is 62.2 Å². The number of alkyl halides is 1. The standard InChI is InChI=1S/C4H10INO2/c5-4(1-2-7)3-6-8/h4,6-8H,1-3H2. The summed E-state index contributed by atoms with van der Waals surface area (Å²) in [5.41, 5.74) is 2.03. The van der Waals surface area contributed by atoms with Crippen molar-refractivity contribution in [2.75, 3.05) is 13.2 Å². The third-order valence-corrected chi connectivity index (χ3v) is 1.82. The monoisotopic (exact) mass is 231 g/mol. The molecule has 3 nitrogen and oxygen atoms in total. The highest BCUT2D eigenvalue weighted by Gasteiger charge is 1.99. The van der Waals surface area contributed by atoms with Gasteiger partial charge in [-0.15, -0.1) is 0 Å². The lowest BCUT2D eigenvalue weighted by Crippen LogP contribution is -2.19. The number of hydroxylamine groups is 1. The number of aliphatic hydroxyl groups is 1. The zero-order valence-corrected chi connectivity index (χ0v) is 6.63. The van der Waals surface area contributed by atoms with Gasteiger partial charge in [0.1, 0.15) is 0 Å². The normalized spacial score (nSPS) is 13.9. The molecule has 50 valence electrons. The maximum atomic E-state index is 8.35. The highest BCUT2D eigenvalue weighted by Crippen LogP contribution is 2.01. The summed E-state index contributed by atoms with van der Waals surface area (Å²) < 4.78 is 0.322. The Morgan fingerprint density at radius 3 is 2.62 bits per heavy atom. The van der Waals surface area contributed by atoms with Crippen molar-refractivity contribution in [2.24, 2.45) is 0 Å². The van der Waals surface area contributed by atoms with Crippen LogP contribution in [0.3, 0.4) is 0 Å². The molecule has 4 heteroatoms. The maximum Gasteiger partial charge on any atom is 0.0441 e. The van der Waals surface area contributed by atoms with E-state index < -0.39 is 0 Å². The van der Waals surface area contributed by atoms with Gasteiger partial charge in [-0.05, 0) is 6.42 Å². The Hall–Kier alpha value is 0.610. The van der Waals surface area contributed by atoms with Gasteiger partial charge in [-0.1, -0.05) is 22.6 Å².